The second kappa shape index (κ2) is 23.5. The third-order valence-electron chi connectivity index (χ3n) is 5.46. The number of carboxylic acid groups (broad SMARTS) is 1. The quantitative estimate of drug-likeness (QED) is 0.0522. The van der Waals surface area contributed by atoms with Crippen molar-refractivity contribution in [3.63, 3.8) is 0 Å². The molecule has 49 heavy (non-hydrogen) atoms. The first-order valence-corrected chi connectivity index (χ1v) is 20.2. The summed E-state index contributed by atoms with van der Waals surface area (Å²) >= 11 is 6.90. The van der Waals surface area contributed by atoms with Crippen LogP contribution in [-0.2, 0) is 9.30 Å². The van der Waals surface area contributed by atoms with Crippen LogP contribution in [0.3, 0.4) is 0 Å². The minimum absolute atomic E-state index is 0.300. The number of rotatable bonds is 10. The molecule has 266 valence electrons. The highest BCUT2D eigenvalue weighted by Crippen LogP contribution is 2.50. The highest BCUT2D eigenvalue weighted by molar-refractivity contribution is 14.1. The number of azide groups is 1. The number of carbonyl (C=O) groups excluding carboxylic acids is 1. The molecule has 0 fully saturated rings. The minimum atomic E-state index is -3.95. The summed E-state index contributed by atoms with van der Waals surface area (Å²) in [5.41, 5.74) is 8.03. The molecule has 0 saturated carbocycles. The van der Waals surface area contributed by atoms with Crippen molar-refractivity contribution in [3.8, 4) is 11.5 Å². The van der Waals surface area contributed by atoms with Crippen LogP contribution in [0, 0.1) is 7.14 Å². The predicted molar refractivity (Wildman–Crippen MR) is 215 cm³/mol. The Kier molecular flexibility index (Phi) is 21.2. The summed E-state index contributed by atoms with van der Waals surface area (Å²) in [6.45, 7) is 15.6. The number of thiophene rings is 2. The van der Waals surface area contributed by atoms with E-state index in [0.29, 0.717) is 16.4 Å². The van der Waals surface area contributed by atoms with Gasteiger partial charge in [0.2, 0.25) is 0 Å². The van der Waals surface area contributed by atoms with Crippen molar-refractivity contribution in [2.45, 2.75) is 47.1 Å². The van der Waals surface area contributed by atoms with E-state index in [2.05, 4.69) is 63.4 Å². The van der Waals surface area contributed by atoms with Crippen LogP contribution in [0.4, 0.5) is 9.80 Å². The van der Waals surface area contributed by atoms with Crippen LogP contribution >= 0.6 is 75.6 Å². The molecule has 2 aromatic carbocycles. The van der Waals surface area contributed by atoms with E-state index >= 15 is 0 Å². The Hall–Kier alpha value is -2.86. The average molecular weight is 956 g/mol. The molecule has 0 spiro atoms. The first kappa shape index (κ1) is 44.2. The zero-order valence-electron chi connectivity index (χ0n) is 27.9. The van der Waals surface area contributed by atoms with Crippen LogP contribution in [-0.4, -0.2) is 47.3 Å². The Bertz CT molecular complexity index is 1590. The summed E-state index contributed by atoms with van der Waals surface area (Å²) in [6, 6.07) is 20.5. The van der Waals surface area contributed by atoms with Crippen LogP contribution in [0.25, 0.3) is 10.4 Å². The molecule has 2 heterocycles. The molecule has 0 saturated heterocycles. The SMILES string of the molecule is CC(C)(C)OC(=O)Nc1sccc1I.CCN(CC)CC.O=C(O)c1sccc1I.[N-]=[N+]=NP(=O)(Oc1ccccc1)Oc1ccccc1. The maximum absolute atomic E-state index is 12.3. The Morgan fingerprint density at radius 1 is 0.878 bits per heavy atom. The molecule has 0 bridgehead atoms. The van der Waals surface area contributed by atoms with Crippen molar-refractivity contribution in [1.29, 1.82) is 0 Å². The number of nitrogens with one attached hydrogen (secondary N) is 1. The van der Waals surface area contributed by atoms with Crippen molar-refractivity contribution in [3.05, 3.63) is 106 Å². The number of anilines is 1. The number of carboxylic acids is 1. The fraction of sp³-hybridized carbons (Fsp3) is 0.312. The lowest BCUT2D eigenvalue weighted by atomic mass is 10.2. The number of amides is 1. The number of carbonyl (C=O) groups is 2. The Balaban J connectivity index is 0.000000351. The van der Waals surface area contributed by atoms with Gasteiger partial charge in [-0.05, 0) is 138 Å². The first-order valence-electron chi connectivity index (χ1n) is 14.7. The second-order valence-electron chi connectivity index (χ2n) is 10.2. The van der Waals surface area contributed by atoms with E-state index in [4.69, 9.17) is 24.4 Å². The summed E-state index contributed by atoms with van der Waals surface area (Å²) in [7, 11) is -3.95. The van der Waals surface area contributed by atoms with Gasteiger partial charge in [0.25, 0.3) is 0 Å². The van der Waals surface area contributed by atoms with Crippen molar-refractivity contribution in [2.75, 3.05) is 25.0 Å². The monoisotopic (exact) mass is 955 g/mol. The predicted octanol–water partition coefficient (Wildman–Crippen LogP) is 11.7. The highest BCUT2D eigenvalue weighted by Gasteiger charge is 2.26. The molecule has 0 aliphatic carbocycles. The maximum Gasteiger partial charge on any atom is 0.525 e. The van der Waals surface area contributed by atoms with Gasteiger partial charge in [-0.15, -0.1) is 22.7 Å². The number of halogens is 2. The van der Waals surface area contributed by atoms with Gasteiger partial charge < -0.3 is 23.8 Å². The Morgan fingerprint density at radius 2 is 1.35 bits per heavy atom. The molecule has 12 nitrogen and oxygen atoms in total. The molecular weight excluding hydrogens is 915 g/mol. The number of hydrogen-bond donors (Lipinski definition) is 2. The molecule has 0 aliphatic rings. The second-order valence-corrected chi connectivity index (χ2v) is 15.8. The zero-order valence-corrected chi connectivity index (χ0v) is 34.8. The van der Waals surface area contributed by atoms with E-state index in [1.54, 1.807) is 72.1 Å². The van der Waals surface area contributed by atoms with Crippen molar-refractivity contribution < 1.29 is 33.0 Å². The van der Waals surface area contributed by atoms with E-state index in [0.717, 1.165) is 12.1 Å². The largest absolute Gasteiger partial charge is 0.525 e. The Labute approximate surface area is 322 Å². The van der Waals surface area contributed by atoms with E-state index in [-0.39, 0.29) is 0 Å². The van der Waals surface area contributed by atoms with Gasteiger partial charge in [0.15, 0.2) is 0 Å². The highest BCUT2D eigenvalue weighted by atomic mass is 127. The normalized spacial score (nSPS) is 10.4. The number of ether oxygens (including phenoxy) is 1. The molecule has 2 N–H and O–H groups in total. The number of nitrogens with zero attached hydrogens (tertiary/aromatic N) is 4. The van der Waals surface area contributed by atoms with Gasteiger partial charge in [-0.3, -0.25) is 5.32 Å². The van der Waals surface area contributed by atoms with Gasteiger partial charge >= 0.3 is 19.8 Å². The average Bonchev–Trinajstić information content (AvgIpc) is 3.66. The summed E-state index contributed by atoms with van der Waals surface area (Å²) in [5.74, 6) is -0.238. The van der Waals surface area contributed by atoms with Crippen LogP contribution in [0.5, 0.6) is 11.5 Å². The third-order valence-corrected chi connectivity index (χ3v) is 10.9. The third kappa shape index (κ3) is 19.2. The molecule has 1 amide bonds. The minimum Gasteiger partial charge on any atom is -0.477 e. The molecule has 0 aliphatic heterocycles. The molecule has 0 unspecified atom stereocenters. The van der Waals surface area contributed by atoms with Gasteiger partial charge in [0.1, 0.15) is 27.0 Å². The van der Waals surface area contributed by atoms with E-state index in [1.807, 2.05) is 54.8 Å². The lowest BCUT2D eigenvalue weighted by molar-refractivity contribution is 0.0634. The molecule has 0 radical (unpaired) electrons. The summed E-state index contributed by atoms with van der Waals surface area (Å²) < 4.78 is 29.6. The number of hydrogen-bond acceptors (Lipinski definition) is 9. The van der Waals surface area contributed by atoms with Gasteiger partial charge in [-0.1, -0.05) is 57.2 Å². The molecule has 17 heteroatoms. The molecule has 4 aromatic rings. The number of para-hydroxylation sites is 2. The molecular formula is C32H40I2N5O7PS2. The zero-order chi connectivity index (χ0) is 36.9. The van der Waals surface area contributed by atoms with Crippen LogP contribution < -0.4 is 14.4 Å². The van der Waals surface area contributed by atoms with Crippen LogP contribution in [0.15, 0.2) is 88.4 Å². The topological polar surface area (TPSA) is 163 Å². The first-order chi connectivity index (χ1) is 23.2. The standard InChI is InChI=1S/C12H10N3O3P.C9H12INO2S.C6H15N.C5H3IO2S/c13-14-15-19(16,17-11-7-3-1-4-8-11)18-12-9-5-2-6-10-12;1-9(2,3)13-8(12)11-7-6(10)4-5-14-7;1-4-7(5-2)6-3;6-3-1-2-9-4(3)5(7)8/h1-10H;4-5H,1-3H3,(H,11,12);4-6H2,1-3H3;1-2H,(H,7,8). The summed E-state index contributed by atoms with van der Waals surface area (Å²) in [5, 5.41) is 15.7. The van der Waals surface area contributed by atoms with Gasteiger partial charge in [-0.25, -0.2) is 14.2 Å². The van der Waals surface area contributed by atoms with Crippen LogP contribution in [0.2, 0.25) is 0 Å². The van der Waals surface area contributed by atoms with Gasteiger partial charge in [-0.2, -0.15) is 0 Å². The lowest BCUT2D eigenvalue weighted by Gasteiger charge is -2.19. The van der Waals surface area contributed by atoms with E-state index in [9.17, 15) is 14.2 Å². The number of benzene rings is 2. The van der Waals surface area contributed by atoms with E-state index < -0.39 is 25.4 Å². The molecule has 4 rings (SSSR count). The van der Waals surface area contributed by atoms with Gasteiger partial charge in [0.05, 0.1) is 0 Å². The summed E-state index contributed by atoms with van der Waals surface area (Å²) in [4.78, 5) is 30.1. The maximum atomic E-state index is 12.3. The fourth-order valence-electron chi connectivity index (χ4n) is 3.23. The molecule has 0 atom stereocenters. The van der Waals surface area contributed by atoms with Crippen molar-refractivity contribution in [2.24, 2.45) is 4.88 Å². The smallest absolute Gasteiger partial charge is 0.477 e. The number of aromatic carboxylic acids is 1. The summed E-state index contributed by atoms with van der Waals surface area (Å²) in [6.07, 6.45) is -0.405. The van der Waals surface area contributed by atoms with Crippen molar-refractivity contribution >= 4 is 92.7 Å². The Morgan fingerprint density at radius 3 is 1.65 bits per heavy atom. The van der Waals surface area contributed by atoms with Crippen molar-refractivity contribution in [1.82, 2.24) is 4.90 Å². The van der Waals surface area contributed by atoms with Crippen LogP contribution in [0.1, 0.15) is 51.2 Å². The fourth-order valence-corrected chi connectivity index (χ4v) is 7.47. The molecule has 2 aromatic heterocycles. The van der Waals surface area contributed by atoms with E-state index in [1.165, 1.54) is 42.3 Å². The lowest BCUT2D eigenvalue weighted by Crippen LogP contribution is -2.27. The van der Waals surface area contributed by atoms with Gasteiger partial charge in [0, 0.05) is 16.9 Å².